The molecule has 0 radical (unpaired) electrons. The van der Waals surface area contributed by atoms with Gasteiger partial charge in [-0.25, -0.2) is 0 Å². The summed E-state index contributed by atoms with van der Waals surface area (Å²) in [6, 6.07) is 13.3. The number of nitrogens with two attached hydrogens (primary N) is 1. The van der Waals surface area contributed by atoms with Crippen molar-refractivity contribution in [3.05, 3.63) is 53.6 Å². The Bertz CT molecular complexity index is 669. The second kappa shape index (κ2) is 8.82. The number of anilines is 1. The van der Waals surface area contributed by atoms with Gasteiger partial charge in [0.15, 0.2) is 0 Å². The summed E-state index contributed by atoms with van der Waals surface area (Å²) in [5.41, 5.74) is 8.51. The fraction of sp³-hybridized carbons (Fsp3) is 0.316. The van der Waals surface area contributed by atoms with Crippen molar-refractivity contribution in [3.8, 4) is 11.5 Å². The van der Waals surface area contributed by atoms with Gasteiger partial charge in [-0.2, -0.15) is 0 Å². The van der Waals surface area contributed by atoms with Gasteiger partial charge in [-0.1, -0.05) is 12.1 Å². The molecule has 0 heterocycles. The number of amides is 1. The zero-order valence-electron chi connectivity index (χ0n) is 14.2. The predicted octanol–water partition coefficient (Wildman–Crippen LogP) is 2.58. The van der Waals surface area contributed by atoms with E-state index in [1.54, 1.807) is 14.2 Å². The highest BCUT2D eigenvalue weighted by Gasteiger charge is 2.08. The maximum absolute atomic E-state index is 12.0. The van der Waals surface area contributed by atoms with Crippen molar-refractivity contribution >= 4 is 11.6 Å². The molecule has 0 saturated carbocycles. The average Bonchev–Trinajstić information content (AvgIpc) is 2.61. The van der Waals surface area contributed by atoms with Gasteiger partial charge in [-0.3, -0.25) is 4.79 Å². The first-order valence-electron chi connectivity index (χ1n) is 7.94. The van der Waals surface area contributed by atoms with E-state index in [9.17, 15) is 4.79 Å². The van der Waals surface area contributed by atoms with Gasteiger partial charge in [0.05, 0.1) is 14.2 Å². The third-order valence-electron chi connectivity index (χ3n) is 3.82. The molecule has 5 nitrogen and oxygen atoms in total. The molecule has 0 saturated heterocycles. The molecule has 128 valence electrons. The van der Waals surface area contributed by atoms with Crippen LogP contribution in [-0.2, 0) is 17.6 Å². The fourth-order valence-corrected chi connectivity index (χ4v) is 2.44. The Hall–Kier alpha value is -2.69. The third-order valence-corrected chi connectivity index (χ3v) is 3.82. The van der Waals surface area contributed by atoms with Crippen LogP contribution in [0.1, 0.15) is 17.5 Å². The van der Waals surface area contributed by atoms with Gasteiger partial charge < -0.3 is 20.5 Å². The summed E-state index contributed by atoms with van der Waals surface area (Å²) < 4.78 is 10.5. The van der Waals surface area contributed by atoms with Gasteiger partial charge in [0.25, 0.3) is 0 Å². The van der Waals surface area contributed by atoms with Crippen LogP contribution < -0.4 is 20.5 Å². The van der Waals surface area contributed by atoms with Gasteiger partial charge in [0.1, 0.15) is 11.5 Å². The number of hydrogen-bond acceptors (Lipinski definition) is 4. The number of carbonyl (C=O) groups is 1. The molecule has 0 unspecified atom stereocenters. The van der Waals surface area contributed by atoms with Gasteiger partial charge in [-0.05, 0) is 54.3 Å². The highest BCUT2D eigenvalue weighted by molar-refractivity contribution is 5.76. The standard InChI is InChI=1S/C19H24N2O3/c1-23-17-8-9-18(24-2)15(13-17)5-10-19(22)21-12-11-14-3-6-16(20)7-4-14/h3-4,6-9,13H,5,10-12,20H2,1-2H3,(H,21,22). The molecule has 1 amide bonds. The van der Waals surface area contributed by atoms with E-state index in [2.05, 4.69) is 5.32 Å². The monoisotopic (exact) mass is 328 g/mol. The molecule has 0 bridgehead atoms. The molecule has 0 aliphatic rings. The molecular formula is C19H24N2O3. The largest absolute Gasteiger partial charge is 0.497 e. The second-order valence-electron chi connectivity index (χ2n) is 5.52. The summed E-state index contributed by atoms with van der Waals surface area (Å²) in [7, 11) is 3.24. The number of benzene rings is 2. The Morgan fingerprint density at radius 1 is 1.04 bits per heavy atom. The van der Waals surface area contributed by atoms with Crippen molar-refractivity contribution in [3.63, 3.8) is 0 Å². The van der Waals surface area contributed by atoms with E-state index in [1.165, 1.54) is 0 Å². The van der Waals surface area contributed by atoms with Crippen molar-refractivity contribution in [1.82, 2.24) is 5.32 Å². The minimum absolute atomic E-state index is 0.0234. The van der Waals surface area contributed by atoms with Crippen LogP contribution in [-0.4, -0.2) is 26.7 Å². The molecule has 0 fully saturated rings. The lowest BCUT2D eigenvalue weighted by Crippen LogP contribution is -2.25. The smallest absolute Gasteiger partial charge is 0.220 e. The Labute approximate surface area is 142 Å². The number of aryl methyl sites for hydroxylation is 1. The van der Waals surface area contributed by atoms with Gasteiger partial charge in [0.2, 0.25) is 5.91 Å². The Kier molecular flexibility index (Phi) is 6.49. The SMILES string of the molecule is COc1ccc(OC)c(CCC(=O)NCCc2ccc(N)cc2)c1. The maximum Gasteiger partial charge on any atom is 0.220 e. The zero-order valence-corrected chi connectivity index (χ0v) is 14.2. The van der Waals surface area contributed by atoms with E-state index in [1.807, 2.05) is 42.5 Å². The number of nitrogens with one attached hydrogen (secondary N) is 1. The molecule has 2 aromatic rings. The molecule has 5 heteroatoms. The van der Waals surface area contributed by atoms with Crippen molar-refractivity contribution in [2.24, 2.45) is 0 Å². The second-order valence-corrected chi connectivity index (χ2v) is 5.52. The predicted molar refractivity (Wildman–Crippen MR) is 95.4 cm³/mol. The Morgan fingerprint density at radius 3 is 2.46 bits per heavy atom. The number of nitrogen functional groups attached to an aromatic ring is 1. The number of hydrogen-bond donors (Lipinski definition) is 2. The number of methoxy groups -OCH3 is 2. The summed E-state index contributed by atoms with van der Waals surface area (Å²) >= 11 is 0. The lowest BCUT2D eigenvalue weighted by atomic mass is 10.1. The van der Waals surface area contributed by atoms with E-state index in [4.69, 9.17) is 15.2 Å². The van der Waals surface area contributed by atoms with Crippen molar-refractivity contribution in [1.29, 1.82) is 0 Å². The van der Waals surface area contributed by atoms with Crippen molar-refractivity contribution < 1.29 is 14.3 Å². The normalized spacial score (nSPS) is 10.2. The van der Waals surface area contributed by atoms with Crippen LogP contribution in [0.25, 0.3) is 0 Å². The average molecular weight is 328 g/mol. The molecule has 24 heavy (non-hydrogen) atoms. The molecule has 0 spiro atoms. The molecule has 0 aliphatic heterocycles. The van der Waals surface area contributed by atoms with Crippen LogP contribution in [0.15, 0.2) is 42.5 Å². The first kappa shape index (κ1) is 17.7. The number of ether oxygens (including phenoxy) is 2. The summed E-state index contributed by atoms with van der Waals surface area (Å²) in [5.74, 6) is 1.55. The molecular weight excluding hydrogens is 304 g/mol. The topological polar surface area (TPSA) is 73.6 Å². The van der Waals surface area contributed by atoms with Crippen LogP contribution in [0.2, 0.25) is 0 Å². The minimum atomic E-state index is 0.0234. The third kappa shape index (κ3) is 5.19. The van der Waals surface area contributed by atoms with Crippen molar-refractivity contribution in [2.45, 2.75) is 19.3 Å². The number of rotatable bonds is 8. The Balaban J connectivity index is 1.79. The van der Waals surface area contributed by atoms with Gasteiger partial charge >= 0.3 is 0 Å². The maximum atomic E-state index is 12.0. The lowest BCUT2D eigenvalue weighted by molar-refractivity contribution is -0.121. The van der Waals surface area contributed by atoms with Crippen LogP contribution in [0.3, 0.4) is 0 Å². The summed E-state index contributed by atoms with van der Waals surface area (Å²) in [4.78, 5) is 12.0. The Morgan fingerprint density at radius 2 is 1.79 bits per heavy atom. The van der Waals surface area contributed by atoms with E-state index in [-0.39, 0.29) is 5.91 Å². The first-order chi connectivity index (χ1) is 11.6. The van der Waals surface area contributed by atoms with Gasteiger partial charge in [-0.15, -0.1) is 0 Å². The van der Waals surface area contributed by atoms with Gasteiger partial charge in [0, 0.05) is 18.7 Å². The molecule has 0 aliphatic carbocycles. The van der Waals surface area contributed by atoms with Crippen LogP contribution in [0, 0.1) is 0 Å². The minimum Gasteiger partial charge on any atom is -0.497 e. The van der Waals surface area contributed by atoms with Crippen LogP contribution >= 0.6 is 0 Å². The van der Waals surface area contributed by atoms with E-state index < -0.39 is 0 Å². The lowest BCUT2D eigenvalue weighted by Gasteiger charge is -2.10. The van der Waals surface area contributed by atoms with E-state index in [0.717, 1.165) is 34.7 Å². The molecule has 0 aromatic heterocycles. The highest BCUT2D eigenvalue weighted by atomic mass is 16.5. The van der Waals surface area contributed by atoms with E-state index in [0.29, 0.717) is 19.4 Å². The highest BCUT2D eigenvalue weighted by Crippen LogP contribution is 2.25. The van der Waals surface area contributed by atoms with E-state index >= 15 is 0 Å². The summed E-state index contributed by atoms with van der Waals surface area (Å²) in [6.45, 7) is 0.609. The quantitative estimate of drug-likeness (QED) is 0.731. The summed E-state index contributed by atoms with van der Waals surface area (Å²) in [6.07, 6.45) is 1.80. The molecule has 0 atom stereocenters. The molecule has 3 N–H and O–H groups in total. The summed E-state index contributed by atoms with van der Waals surface area (Å²) in [5, 5.41) is 2.94. The number of carbonyl (C=O) groups excluding carboxylic acids is 1. The molecule has 2 rings (SSSR count). The fourth-order valence-electron chi connectivity index (χ4n) is 2.44. The molecule has 2 aromatic carbocycles. The van der Waals surface area contributed by atoms with Crippen molar-refractivity contribution in [2.75, 3.05) is 26.5 Å². The first-order valence-corrected chi connectivity index (χ1v) is 7.94. The van der Waals surface area contributed by atoms with Crippen LogP contribution in [0.4, 0.5) is 5.69 Å². The zero-order chi connectivity index (χ0) is 17.4. The van der Waals surface area contributed by atoms with Crippen LogP contribution in [0.5, 0.6) is 11.5 Å².